The summed E-state index contributed by atoms with van der Waals surface area (Å²) >= 11 is 0. The summed E-state index contributed by atoms with van der Waals surface area (Å²) in [5.41, 5.74) is 2.15. The normalized spacial score (nSPS) is 16.1. The van der Waals surface area contributed by atoms with Crippen LogP contribution in [0, 0.1) is 12.7 Å². The number of nitrogens with zero attached hydrogens (tertiary/aromatic N) is 6. The number of carbonyl (C=O) groups is 1. The maximum atomic E-state index is 14.6. The highest BCUT2D eigenvalue weighted by Crippen LogP contribution is 2.26. The Morgan fingerprint density at radius 3 is 2.55 bits per heavy atom. The molecule has 9 heteroatoms. The van der Waals surface area contributed by atoms with Crippen LogP contribution in [0.5, 0.6) is 0 Å². The molecule has 4 rings (SSSR count). The molecule has 1 atom stereocenters. The maximum Gasteiger partial charge on any atom is 0.253 e. The summed E-state index contributed by atoms with van der Waals surface area (Å²) in [5, 5.41) is 3.10. The van der Waals surface area contributed by atoms with E-state index in [0.29, 0.717) is 23.0 Å². The van der Waals surface area contributed by atoms with Gasteiger partial charge in [0.2, 0.25) is 5.95 Å². The highest BCUT2D eigenvalue weighted by molar-refractivity contribution is 5.94. The monoisotopic (exact) mass is 451 g/mol. The molecular weight excluding hydrogens is 421 g/mol. The van der Waals surface area contributed by atoms with Crippen LogP contribution in [0.25, 0.3) is 11.4 Å². The van der Waals surface area contributed by atoms with Crippen LogP contribution in [-0.4, -0.2) is 68.5 Å². The number of aryl methyl sites for hydroxylation is 1. The van der Waals surface area contributed by atoms with E-state index >= 15 is 0 Å². The van der Waals surface area contributed by atoms with E-state index in [2.05, 4.69) is 25.2 Å². The van der Waals surface area contributed by atoms with Crippen LogP contribution in [0.3, 0.4) is 0 Å². The van der Waals surface area contributed by atoms with Crippen molar-refractivity contribution < 1.29 is 9.18 Å². The lowest BCUT2D eigenvalue weighted by atomic mass is 10.2. The van der Waals surface area contributed by atoms with Gasteiger partial charge in [-0.25, -0.2) is 19.3 Å². The molecule has 0 radical (unpaired) electrons. The molecule has 1 fully saturated rings. The Morgan fingerprint density at radius 1 is 1.18 bits per heavy atom. The molecule has 0 bridgehead atoms. The Bertz CT molecular complexity index is 1140. The van der Waals surface area contributed by atoms with Crippen molar-refractivity contribution in [3.05, 3.63) is 53.9 Å². The summed E-state index contributed by atoms with van der Waals surface area (Å²) in [7, 11) is 4.08. The van der Waals surface area contributed by atoms with Crippen LogP contribution in [0.2, 0.25) is 0 Å². The minimum atomic E-state index is -0.509. The van der Waals surface area contributed by atoms with E-state index in [1.54, 1.807) is 18.3 Å². The number of anilines is 2. The zero-order valence-electron chi connectivity index (χ0n) is 19.7. The summed E-state index contributed by atoms with van der Waals surface area (Å²) in [6.07, 6.45) is 3.77. The van der Waals surface area contributed by atoms with E-state index in [1.165, 1.54) is 0 Å². The second kappa shape index (κ2) is 9.27. The molecule has 8 nitrogen and oxygen atoms in total. The average molecular weight is 452 g/mol. The van der Waals surface area contributed by atoms with E-state index in [1.807, 2.05) is 56.5 Å². The van der Waals surface area contributed by atoms with E-state index < -0.39 is 5.82 Å². The van der Waals surface area contributed by atoms with Crippen molar-refractivity contribution in [2.75, 3.05) is 32.5 Å². The molecule has 1 aromatic carbocycles. The molecule has 1 N–H and O–H groups in total. The Kier molecular flexibility index (Phi) is 6.42. The standard InChI is InChI=1S/C24H30FN7O/c1-15(2)32-16(3)26-13-21(32)22-20(25)12-27-24(29-22)28-18-8-6-17(7-9-18)23(33)31-11-10-19(14-31)30(4)5/h6-9,12-13,15,19H,10-11,14H2,1-5H3,(H,27,28,29). The number of nitrogens with one attached hydrogen (secondary N) is 1. The van der Waals surface area contributed by atoms with E-state index in [4.69, 9.17) is 0 Å². The van der Waals surface area contributed by atoms with Gasteiger partial charge in [-0.2, -0.15) is 0 Å². The molecule has 2 aromatic heterocycles. The number of imidazole rings is 1. The number of aromatic nitrogens is 4. The summed E-state index contributed by atoms with van der Waals surface area (Å²) in [6.45, 7) is 7.42. The molecule has 0 spiro atoms. The average Bonchev–Trinajstić information content (AvgIpc) is 3.42. The molecule has 33 heavy (non-hydrogen) atoms. The number of carbonyl (C=O) groups excluding carboxylic acids is 1. The third kappa shape index (κ3) is 4.73. The second-order valence-corrected chi connectivity index (χ2v) is 8.90. The molecule has 0 aliphatic carbocycles. The van der Waals surface area contributed by atoms with Crippen molar-refractivity contribution in [3.63, 3.8) is 0 Å². The maximum absolute atomic E-state index is 14.6. The first-order valence-corrected chi connectivity index (χ1v) is 11.1. The van der Waals surface area contributed by atoms with Gasteiger partial charge in [0.1, 0.15) is 11.5 Å². The van der Waals surface area contributed by atoms with Gasteiger partial charge in [0.05, 0.1) is 18.1 Å². The van der Waals surface area contributed by atoms with Crippen molar-refractivity contribution in [2.24, 2.45) is 0 Å². The molecule has 174 valence electrons. The minimum absolute atomic E-state index is 0.0311. The Hall–Kier alpha value is -3.33. The lowest BCUT2D eigenvalue weighted by Gasteiger charge is -2.20. The lowest BCUT2D eigenvalue weighted by molar-refractivity contribution is 0.0783. The molecule has 1 amide bonds. The van der Waals surface area contributed by atoms with Crippen LogP contribution in [-0.2, 0) is 0 Å². The zero-order chi connectivity index (χ0) is 23.7. The van der Waals surface area contributed by atoms with Crippen molar-refractivity contribution >= 4 is 17.5 Å². The SMILES string of the molecule is Cc1ncc(-c2nc(Nc3ccc(C(=O)N4CCC(N(C)C)C4)cc3)ncc2F)n1C(C)C. The van der Waals surface area contributed by atoms with Gasteiger partial charge in [-0.15, -0.1) is 0 Å². The molecule has 3 heterocycles. The summed E-state index contributed by atoms with van der Waals surface area (Å²) in [5.74, 6) is 0.587. The first-order valence-electron chi connectivity index (χ1n) is 11.1. The van der Waals surface area contributed by atoms with Crippen LogP contribution >= 0.6 is 0 Å². The Morgan fingerprint density at radius 2 is 1.91 bits per heavy atom. The quantitative estimate of drug-likeness (QED) is 0.613. The largest absolute Gasteiger partial charge is 0.337 e. The van der Waals surface area contributed by atoms with Gasteiger partial charge in [0.15, 0.2) is 5.82 Å². The van der Waals surface area contributed by atoms with Gasteiger partial charge in [-0.05, 0) is 65.6 Å². The van der Waals surface area contributed by atoms with Crippen LogP contribution < -0.4 is 5.32 Å². The number of hydrogen-bond donors (Lipinski definition) is 1. The number of amides is 1. The third-order valence-corrected chi connectivity index (χ3v) is 6.05. The van der Waals surface area contributed by atoms with E-state index in [0.717, 1.165) is 31.5 Å². The molecule has 1 aliphatic heterocycles. The van der Waals surface area contributed by atoms with Gasteiger partial charge in [0, 0.05) is 36.4 Å². The number of benzene rings is 1. The van der Waals surface area contributed by atoms with Gasteiger partial charge in [0.25, 0.3) is 5.91 Å². The van der Waals surface area contributed by atoms with Crippen molar-refractivity contribution in [1.29, 1.82) is 0 Å². The number of likely N-dealkylation sites (N-methyl/N-ethyl adjacent to an activating group) is 1. The molecule has 1 unspecified atom stereocenters. The second-order valence-electron chi connectivity index (χ2n) is 8.90. The van der Waals surface area contributed by atoms with E-state index in [9.17, 15) is 9.18 Å². The van der Waals surface area contributed by atoms with E-state index in [-0.39, 0.29) is 23.6 Å². The minimum Gasteiger partial charge on any atom is -0.337 e. The predicted octanol–water partition coefficient (Wildman–Crippen LogP) is 3.89. The van der Waals surface area contributed by atoms with Gasteiger partial charge < -0.3 is 19.7 Å². The van der Waals surface area contributed by atoms with Crippen molar-refractivity contribution in [2.45, 2.75) is 39.3 Å². The number of rotatable bonds is 6. The summed E-state index contributed by atoms with van der Waals surface area (Å²) in [6, 6.07) is 7.70. The Labute approximate surface area is 193 Å². The van der Waals surface area contributed by atoms with Crippen molar-refractivity contribution in [1.82, 2.24) is 29.3 Å². The fraction of sp³-hybridized carbons (Fsp3) is 0.417. The molecule has 3 aromatic rings. The molecular formula is C24H30FN7O. The first-order chi connectivity index (χ1) is 15.7. The first kappa shape index (κ1) is 22.8. The van der Waals surface area contributed by atoms with Crippen molar-refractivity contribution in [3.8, 4) is 11.4 Å². The Balaban J connectivity index is 1.50. The summed E-state index contributed by atoms with van der Waals surface area (Å²) < 4.78 is 16.5. The molecule has 1 aliphatic rings. The van der Waals surface area contributed by atoms with Crippen LogP contribution in [0.4, 0.5) is 16.0 Å². The highest BCUT2D eigenvalue weighted by Gasteiger charge is 2.28. The number of halogens is 1. The topological polar surface area (TPSA) is 79.2 Å². The fourth-order valence-electron chi connectivity index (χ4n) is 4.24. The zero-order valence-corrected chi connectivity index (χ0v) is 19.7. The predicted molar refractivity (Wildman–Crippen MR) is 126 cm³/mol. The van der Waals surface area contributed by atoms with Crippen LogP contribution in [0.1, 0.15) is 42.5 Å². The molecule has 0 saturated carbocycles. The fourth-order valence-corrected chi connectivity index (χ4v) is 4.24. The van der Waals surface area contributed by atoms with Gasteiger partial charge >= 0.3 is 0 Å². The smallest absolute Gasteiger partial charge is 0.253 e. The highest BCUT2D eigenvalue weighted by atomic mass is 19.1. The summed E-state index contributed by atoms with van der Waals surface area (Å²) in [4.78, 5) is 29.7. The van der Waals surface area contributed by atoms with Gasteiger partial charge in [-0.3, -0.25) is 4.79 Å². The number of likely N-dealkylation sites (tertiary alicyclic amines) is 1. The van der Waals surface area contributed by atoms with Crippen LogP contribution in [0.15, 0.2) is 36.7 Å². The third-order valence-electron chi connectivity index (χ3n) is 6.05. The lowest BCUT2D eigenvalue weighted by Crippen LogP contribution is -2.34. The molecule has 1 saturated heterocycles. The van der Waals surface area contributed by atoms with Gasteiger partial charge in [-0.1, -0.05) is 0 Å². The number of hydrogen-bond acceptors (Lipinski definition) is 6.